The third-order valence-corrected chi connectivity index (χ3v) is 4.68. The van der Waals surface area contributed by atoms with Gasteiger partial charge in [0.2, 0.25) is 5.91 Å². The summed E-state index contributed by atoms with van der Waals surface area (Å²) in [5.41, 5.74) is 1.53. The number of rotatable bonds is 8. The SMILES string of the molecule is CCCNC(=O)CN=C(NCC)NCC1(c2cccc(Br)c2)CC1. The highest BCUT2D eigenvalue weighted by Gasteiger charge is 2.44. The molecule has 1 aromatic carbocycles. The molecule has 0 heterocycles. The smallest absolute Gasteiger partial charge is 0.241 e. The van der Waals surface area contributed by atoms with Gasteiger partial charge in [-0.05, 0) is 43.9 Å². The van der Waals surface area contributed by atoms with Crippen molar-refractivity contribution in [1.82, 2.24) is 16.0 Å². The van der Waals surface area contributed by atoms with Crippen molar-refractivity contribution in [1.29, 1.82) is 0 Å². The average molecular weight is 395 g/mol. The monoisotopic (exact) mass is 394 g/mol. The lowest BCUT2D eigenvalue weighted by Gasteiger charge is -2.19. The number of halogens is 1. The van der Waals surface area contributed by atoms with Crippen LogP contribution in [0.4, 0.5) is 0 Å². The lowest BCUT2D eigenvalue weighted by atomic mass is 9.96. The fourth-order valence-corrected chi connectivity index (χ4v) is 3.00. The van der Waals surface area contributed by atoms with Crippen molar-refractivity contribution < 1.29 is 4.79 Å². The quantitative estimate of drug-likeness (QED) is 0.468. The molecule has 3 N–H and O–H groups in total. The molecule has 0 spiro atoms. The van der Waals surface area contributed by atoms with Crippen LogP contribution in [0, 0.1) is 0 Å². The standard InChI is InChI=1S/C18H27BrN4O/c1-3-10-21-16(24)12-22-17(20-4-2)23-13-18(8-9-18)14-6-5-7-15(19)11-14/h5-7,11H,3-4,8-10,12-13H2,1-2H3,(H,21,24)(H2,20,22,23). The average Bonchev–Trinajstić information content (AvgIpc) is 3.36. The number of amides is 1. The largest absolute Gasteiger partial charge is 0.357 e. The van der Waals surface area contributed by atoms with E-state index in [2.05, 4.69) is 55.1 Å². The molecular weight excluding hydrogens is 368 g/mol. The second kappa shape index (κ2) is 9.06. The third kappa shape index (κ3) is 5.51. The third-order valence-electron chi connectivity index (χ3n) is 4.18. The van der Waals surface area contributed by atoms with Gasteiger partial charge < -0.3 is 16.0 Å². The highest BCUT2D eigenvalue weighted by atomic mass is 79.9. The maximum absolute atomic E-state index is 11.7. The van der Waals surface area contributed by atoms with Gasteiger partial charge in [0.05, 0.1) is 0 Å². The summed E-state index contributed by atoms with van der Waals surface area (Å²) in [6.07, 6.45) is 3.28. The molecule has 0 bridgehead atoms. The lowest BCUT2D eigenvalue weighted by Crippen LogP contribution is -2.42. The molecule has 0 saturated heterocycles. The number of guanidine groups is 1. The van der Waals surface area contributed by atoms with Crippen molar-refractivity contribution in [3.8, 4) is 0 Å². The van der Waals surface area contributed by atoms with Crippen LogP contribution in [0.2, 0.25) is 0 Å². The number of nitrogens with one attached hydrogen (secondary N) is 3. The molecule has 0 unspecified atom stereocenters. The number of hydrogen-bond acceptors (Lipinski definition) is 2. The maximum Gasteiger partial charge on any atom is 0.241 e. The number of benzene rings is 1. The van der Waals surface area contributed by atoms with Crippen LogP contribution < -0.4 is 16.0 Å². The molecule has 0 aliphatic heterocycles. The van der Waals surface area contributed by atoms with Crippen molar-refractivity contribution in [3.63, 3.8) is 0 Å². The molecule has 1 saturated carbocycles. The van der Waals surface area contributed by atoms with E-state index in [4.69, 9.17) is 0 Å². The van der Waals surface area contributed by atoms with Crippen LogP contribution in [0.25, 0.3) is 0 Å². The maximum atomic E-state index is 11.7. The molecule has 5 nitrogen and oxygen atoms in total. The van der Waals surface area contributed by atoms with E-state index < -0.39 is 0 Å². The molecule has 1 aromatic rings. The van der Waals surface area contributed by atoms with Gasteiger partial charge in [-0.25, -0.2) is 4.99 Å². The molecule has 1 aliphatic rings. The Morgan fingerprint density at radius 3 is 2.67 bits per heavy atom. The van der Waals surface area contributed by atoms with E-state index in [0.29, 0.717) is 12.5 Å². The fourth-order valence-electron chi connectivity index (χ4n) is 2.60. The van der Waals surface area contributed by atoms with Crippen LogP contribution in [0.3, 0.4) is 0 Å². The number of aliphatic imine (C=N–C) groups is 1. The lowest BCUT2D eigenvalue weighted by molar-refractivity contribution is -0.119. The minimum atomic E-state index is -0.0396. The molecule has 6 heteroatoms. The van der Waals surface area contributed by atoms with Crippen LogP contribution in [0.15, 0.2) is 33.7 Å². The van der Waals surface area contributed by atoms with E-state index in [1.165, 1.54) is 18.4 Å². The zero-order valence-electron chi connectivity index (χ0n) is 14.5. The van der Waals surface area contributed by atoms with Crippen molar-refractivity contribution in [2.24, 2.45) is 4.99 Å². The molecule has 0 aromatic heterocycles. The van der Waals surface area contributed by atoms with Crippen LogP contribution in [-0.4, -0.2) is 38.0 Å². The van der Waals surface area contributed by atoms with Crippen molar-refractivity contribution in [2.45, 2.75) is 38.5 Å². The highest BCUT2D eigenvalue weighted by molar-refractivity contribution is 9.10. The summed E-state index contributed by atoms with van der Waals surface area (Å²) >= 11 is 3.55. The van der Waals surface area contributed by atoms with Crippen LogP contribution in [0.1, 0.15) is 38.7 Å². The van der Waals surface area contributed by atoms with E-state index in [1.54, 1.807) is 0 Å². The van der Waals surface area contributed by atoms with E-state index >= 15 is 0 Å². The highest BCUT2D eigenvalue weighted by Crippen LogP contribution is 2.48. The minimum absolute atomic E-state index is 0.0396. The van der Waals surface area contributed by atoms with Gasteiger partial charge in [0, 0.05) is 29.5 Å². The van der Waals surface area contributed by atoms with Crippen molar-refractivity contribution in [2.75, 3.05) is 26.2 Å². The predicted molar refractivity (Wildman–Crippen MR) is 102 cm³/mol. The Morgan fingerprint density at radius 2 is 2.04 bits per heavy atom. The second-order valence-corrected chi connectivity index (χ2v) is 7.11. The van der Waals surface area contributed by atoms with Gasteiger partial charge in [-0.1, -0.05) is 35.0 Å². The van der Waals surface area contributed by atoms with Crippen molar-refractivity contribution in [3.05, 3.63) is 34.3 Å². The van der Waals surface area contributed by atoms with Gasteiger partial charge in [-0.2, -0.15) is 0 Å². The summed E-state index contributed by atoms with van der Waals surface area (Å²) in [7, 11) is 0. The van der Waals surface area contributed by atoms with E-state index in [-0.39, 0.29) is 17.9 Å². The van der Waals surface area contributed by atoms with Crippen LogP contribution in [0.5, 0.6) is 0 Å². The first kappa shape index (κ1) is 18.8. The van der Waals surface area contributed by atoms with Gasteiger partial charge in [0.1, 0.15) is 6.54 Å². The molecule has 2 rings (SSSR count). The van der Waals surface area contributed by atoms with Crippen LogP contribution in [-0.2, 0) is 10.2 Å². The molecule has 24 heavy (non-hydrogen) atoms. The number of hydrogen-bond donors (Lipinski definition) is 3. The predicted octanol–water partition coefficient (Wildman–Crippen LogP) is 2.56. The fraction of sp³-hybridized carbons (Fsp3) is 0.556. The van der Waals surface area contributed by atoms with Crippen molar-refractivity contribution >= 4 is 27.8 Å². The molecule has 0 radical (unpaired) electrons. The Morgan fingerprint density at radius 1 is 1.25 bits per heavy atom. The summed E-state index contributed by atoms with van der Waals surface area (Å²) in [5.74, 6) is 0.660. The first-order chi connectivity index (χ1) is 11.6. The molecule has 0 atom stereocenters. The first-order valence-corrected chi connectivity index (χ1v) is 9.44. The Balaban J connectivity index is 1.92. The van der Waals surface area contributed by atoms with Gasteiger partial charge in [0.15, 0.2) is 5.96 Å². The zero-order chi connectivity index (χ0) is 17.4. The first-order valence-electron chi connectivity index (χ1n) is 8.64. The second-order valence-electron chi connectivity index (χ2n) is 6.19. The summed E-state index contributed by atoms with van der Waals surface area (Å²) in [4.78, 5) is 16.1. The van der Waals surface area contributed by atoms with E-state index in [9.17, 15) is 4.79 Å². The number of carbonyl (C=O) groups is 1. The van der Waals surface area contributed by atoms with Crippen LogP contribution >= 0.6 is 15.9 Å². The van der Waals surface area contributed by atoms with Gasteiger partial charge in [-0.15, -0.1) is 0 Å². The normalized spacial score (nSPS) is 15.7. The number of nitrogens with zero attached hydrogens (tertiary/aromatic N) is 1. The van der Waals surface area contributed by atoms with E-state index in [1.807, 2.05) is 19.9 Å². The Hall–Kier alpha value is -1.56. The Labute approximate surface area is 152 Å². The summed E-state index contributed by atoms with van der Waals surface area (Å²) in [6, 6.07) is 8.50. The Kier molecular flexibility index (Phi) is 7.09. The Bertz CT molecular complexity index is 584. The zero-order valence-corrected chi connectivity index (χ0v) is 16.1. The molecule has 1 fully saturated rings. The van der Waals surface area contributed by atoms with Gasteiger partial charge in [-0.3, -0.25) is 4.79 Å². The summed E-state index contributed by atoms with van der Waals surface area (Å²) in [6.45, 7) is 6.50. The van der Waals surface area contributed by atoms with E-state index in [0.717, 1.165) is 24.0 Å². The topological polar surface area (TPSA) is 65.5 Å². The van der Waals surface area contributed by atoms with Gasteiger partial charge >= 0.3 is 0 Å². The number of carbonyl (C=O) groups excluding carboxylic acids is 1. The molecular formula is C18H27BrN4O. The summed E-state index contributed by atoms with van der Waals surface area (Å²) < 4.78 is 1.11. The molecule has 132 valence electrons. The van der Waals surface area contributed by atoms with Gasteiger partial charge in [0.25, 0.3) is 0 Å². The minimum Gasteiger partial charge on any atom is -0.357 e. The molecule has 1 aliphatic carbocycles. The molecule has 1 amide bonds. The summed E-state index contributed by atoms with van der Waals surface area (Å²) in [5, 5.41) is 9.44.